The molecular weight excluding hydrogens is 262 g/mol. The van der Waals surface area contributed by atoms with E-state index in [9.17, 15) is 14.7 Å². The maximum absolute atomic E-state index is 12.6. The third kappa shape index (κ3) is 1.52. The molecule has 0 aromatic carbocycles. The molecule has 3 saturated heterocycles. The van der Waals surface area contributed by atoms with Gasteiger partial charge in [0, 0.05) is 13.2 Å². The fraction of sp³-hybridized carbons (Fsp3) is 0.714. The van der Waals surface area contributed by atoms with Crippen LogP contribution in [0.2, 0.25) is 0 Å². The number of fused-ring (bicyclic) bond motifs is 1. The molecule has 108 valence electrons. The summed E-state index contributed by atoms with van der Waals surface area (Å²) in [7, 11) is 0. The van der Waals surface area contributed by atoms with Crippen LogP contribution in [0.4, 0.5) is 0 Å². The van der Waals surface area contributed by atoms with Gasteiger partial charge in [0.2, 0.25) is 5.91 Å². The van der Waals surface area contributed by atoms with Crippen LogP contribution >= 0.6 is 0 Å². The number of ether oxygens (including phenoxy) is 2. The molecule has 0 unspecified atom stereocenters. The van der Waals surface area contributed by atoms with Crippen molar-refractivity contribution in [1.82, 2.24) is 4.90 Å². The molecule has 1 spiro atoms. The molecule has 1 N–H and O–H groups in total. The second-order valence-electron chi connectivity index (χ2n) is 6.09. The number of carboxylic acids is 1. The predicted octanol–water partition coefficient (Wildman–Crippen LogP) is 0.0320. The summed E-state index contributed by atoms with van der Waals surface area (Å²) in [5, 5.41) is 9.36. The highest BCUT2D eigenvalue weighted by atomic mass is 16.5. The molecule has 4 aliphatic heterocycles. The van der Waals surface area contributed by atoms with Crippen molar-refractivity contribution in [3.8, 4) is 0 Å². The molecule has 5 atom stereocenters. The third-order valence-corrected chi connectivity index (χ3v) is 4.91. The first-order valence-electron chi connectivity index (χ1n) is 7.11. The first-order chi connectivity index (χ1) is 9.61. The first-order valence-corrected chi connectivity index (χ1v) is 7.11. The minimum absolute atomic E-state index is 0.0821. The Balaban J connectivity index is 1.58. The Morgan fingerprint density at radius 1 is 1.55 bits per heavy atom. The highest BCUT2D eigenvalue weighted by Gasteiger charge is 2.67. The average Bonchev–Trinajstić information content (AvgIpc) is 3.12. The van der Waals surface area contributed by atoms with E-state index in [1.165, 1.54) is 0 Å². The zero-order valence-corrected chi connectivity index (χ0v) is 11.0. The molecule has 0 saturated carbocycles. The van der Waals surface area contributed by atoms with Gasteiger partial charge in [0.05, 0.1) is 24.7 Å². The molecule has 6 heteroatoms. The molecule has 4 aliphatic rings. The zero-order valence-electron chi connectivity index (χ0n) is 11.0. The van der Waals surface area contributed by atoms with Crippen molar-refractivity contribution in [1.29, 1.82) is 0 Å². The number of hydrogen-bond donors (Lipinski definition) is 1. The number of carboxylic acid groups (broad SMARTS) is 1. The van der Waals surface area contributed by atoms with Gasteiger partial charge in [-0.1, -0.05) is 12.2 Å². The molecule has 4 heterocycles. The van der Waals surface area contributed by atoms with Gasteiger partial charge in [0.25, 0.3) is 0 Å². The van der Waals surface area contributed by atoms with Crippen LogP contribution in [0.3, 0.4) is 0 Å². The molecule has 0 aromatic rings. The van der Waals surface area contributed by atoms with E-state index in [0.717, 1.165) is 19.4 Å². The number of rotatable bonds is 3. The molecule has 6 nitrogen and oxygen atoms in total. The van der Waals surface area contributed by atoms with Crippen molar-refractivity contribution in [2.24, 2.45) is 11.8 Å². The number of carbonyl (C=O) groups is 2. The Labute approximate surface area is 116 Å². The van der Waals surface area contributed by atoms with Gasteiger partial charge in [-0.3, -0.25) is 9.59 Å². The Kier molecular flexibility index (Phi) is 2.50. The van der Waals surface area contributed by atoms with Crippen molar-refractivity contribution in [2.75, 3.05) is 19.7 Å². The SMILES string of the molecule is O=C(O)[C@@H]1[C@H]2C=C[C@@]3(CN(C[C@H]4CCCO4)C(=O)[C@@H]13)O2. The number of carbonyl (C=O) groups excluding carboxylic acids is 1. The smallest absolute Gasteiger partial charge is 0.310 e. The molecule has 3 fully saturated rings. The summed E-state index contributed by atoms with van der Waals surface area (Å²) >= 11 is 0. The Morgan fingerprint density at radius 3 is 3.10 bits per heavy atom. The van der Waals surface area contributed by atoms with Crippen molar-refractivity contribution < 1.29 is 24.2 Å². The van der Waals surface area contributed by atoms with Gasteiger partial charge < -0.3 is 19.5 Å². The topological polar surface area (TPSA) is 76.1 Å². The van der Waals surface area contributed by atoms with Crippen molar-refractivity contribution in [3.05, 3.63) is 12.2 Å². The van der Waals surface area contributed by atoms with E-state index in [4.69, 9.17) is 9.47 Å². The van der Waals surface area contributed by atoms with Crippen molar-refractivity contribution in [3.63, 3.8) is 0 Å². The normalized spacial score (nSPS) is 45.4. The second-order valence-corrected chi connectivity index (χ2v) is 6.09. The van der Waals surface area contributed by atoms with Gasteiger partial charge in [0.15, 0.2) is 0 Å². The number of likely N-dealkylation sites (tertiary alicyclic amines) is 1. The molecule has 0 aliphatic carbocycles. The number of aliphatic carboxylic acids is 1. The predicted molar refractivity (Wildman–Crippen MR) is 66.9 cm³/mol. The second kappa shape index (κ2) is 4.05. The van der Waals surface area contributed by atoms with Crippen LogP contribution in [-0.2, 0) is 19.1 Å². The summed E-state index contributed by atoms with van der Waals surface area (Å²) in [5.41, 5.74) is -0.719. The highest BCUT2D eigenvalue weighted by molar-refractivity contribution is 5.90. The summed E-state index contributed by atoms with van der Waals surface area (Å²) in [6.07, 6.45) is 5.29. The lowest BCUT2D eigenvalue weighted by molar-refractivity contribution is -0.148. The maximum Gasteiger partial charge on any atom is 0.310 e. The van der Waals surface area contributed by atoms with Gasteiger partial charge in [-0.25, -0.2) is 0 Å². The first kappa shape index (κ1) is 12.3. The minimum Gasteiger partial charge on any atom is -0.481 e. The van der Waals surface area contributed by atoms with Crippen LogP contribution in [0, 0.1) is 11.8 Å². The van der Waals surface area contributed by atoms with E-state index in [1.54, 1.807) is 11.0 Å². The van der Waals surface area contributed by atoms with Crippen molar-refractivity contribution >= 4 is 11.9 Å². The van der Waals surface area contributed by atoms with Crippen molar-refractivity contribution in [2.45, 2.75) is 30.7 Å². The van der Waals surface area contributed by atoms with E-state index < -0.39 is 29.5 Å². The summed E-state index contributed by atoms with van der Waals surface area (Å²) in [6.45, 7) is 1.75. The molecule has 1 amide bonds. The Morgan fingerprint density at radius 2 is 2.40 bits per heavy atom. The summed E-state index contributed by atoms with van der Waals surface area (Å²) in [4.78, 5) is 25.7. The molecule has 2 bridgehead atoms. The molecule has 4 rings (SSSR count). The van der Waals surface area contributed by atoms with E-state index >= 15 is 0 Å². The number of hydrogen-bond acceptors (Lipinski definition) is 4. The maximum atomic E-state index is 12.6. The average molecular weight is 279 g/mol. The van der Waals surface area contributed by atoms with Crippen LogP contribution in [-0.4, -0.2) is 59.4 Å². The molecule has 20 heavy (non-hydrogen) atoms. The lowest BCUT2D eigenvalue weighted by Crippen LogP contribution is -2.39. The van der Waals surface area contributed by atoms with Crippen LogP contribution in [0.1, 0.15) is 12.8 Å². The Bertz CT molecular complexity index is 498. The van der Waals surface area contributed by atoms with E-state index in [1.807, 2.05) is 6.08 Å². The summed E-state index contributed by atoms with van der Waals surface area (Å²) < 4.78 is 11.4. The van der Waals surface area contributed by atoms with E-state index in [0.29, 0.717) is 13.1 Å². The van der Waals surface area contributed by atoms with Gasteiger partial charge >= 0.3 is 5.97 Å². The highest BCUT2D eigenvalue weighted by Crippen LogP contribution is 2.51. The molecular formula is C14H17NO5. The minimum atomic E-state index is -0.946. The van der Waals surface area contributed by atoms with Crippen LogP contribution in [0.5, 0.6) is 0 Å². The number of amides is 1. The zero-order chi connectivity index (χ0) is 13.9. The lowest BCUT2D eigenvalue weighted by atomic mass is 9.77. The third-order valence-electron chi connectivity index (χ3n) is 4.91. The summed E-state index contributed by atoms with van der Waals surface area (Å²) in [6, 6.07) is 0. The molecule has 0 radical (unpaired) electrons. The number of nitrogens with zero attached hydrogens (tertiary/aromatic N) is 1. The summed E-state index contributed by atoms with van der Waals surface area (Å²) in [5.74, 6) is -2.36. The van der Waals surface area contributed by atoms with E-state index in [2.05, 4.69) is 0 Å². The van der Waals surface area contributed by atoms with Gasteiger partial charge in [0.1, 0.15) is 11.5 Å². The van der Waals surface area contributed by atoms with E-state index in [-0.39, 0.29) is 12.0 Å². The largest absolute Gasteiger partial charge is 0.481 e. The fourth-order valence-electron chi connectivity index (χ4n) is 4.05. The fourth-order valence-corrected chi connectivity index (χ4v) is 4.05. The standard InChI is InChI=1S/C14H17NO5/c16-12-11-10(13(17)18)9-3-4-14(11,20-9)7-15(12)6-8-2-1-5-19-8/h3-4,8-11H,1-2,5-7H2,(H,17,18)/t8-,9-,10-,11-,14+/m1/s1. The van der Waals surface area contributed by atoms with Gasteiger partial charge in [-0.05, 0) is 12.8 Å². The van der Waals surface area contributed by atoms with Crippen LogP contribution in [0.15, 0.2) is 12.2 Å². The monoisotopic (exact) mass is 279 g/mol. The van der Waals surface area contributed by atoms with Crippen LogP contribution in [0.25, 0.3) is 0 Å². The molecule has 0 aromatic heterocycles. The quantitative estimate of drug-likeness (QED) is 0.738. The lowest BCUT2D eigenvalue weighted by Gasteiger charge is -2.23. The van der Waals surface area contributed by atoms with Crippen LogP contribution < -0.4 is 0 Å². The van der Waals surface area contributed by atoms with Gasteiger partial charge in [-0.2, -0.15) is 0 Å². The van der Waals surface area contributed by atoms with Gasteiger partial charge in [-0.15, -0.1) is 0 Å². The Hall–Kier alpha value is -1.40.